The lowest BCUT2D eigenvalue weighted by Crippen LogP contribution is -2.57. The van der Waals surface area contributed by atoms with Crippen LogP contribution in [0.2, 0.25) is 0 Å². The second-order valence-corrected chi connectivity index (χ2v) is 13.5. The second-order valence-electron chi connectivity index (χ2n) is 13.5. The number of Topliss-reactive ketones (excluding diaryl/α,β-unsaturated/α-hetero) is 1. The molecule has 0 aromatic heterocycles. The van der Waals surface area contributed by atoms with Crippen LogP contribution in [0.15, 0.2) is 23.3 Å². The van der Waals surface area contributed by atoms with E-state index in [0.29, 0.717) is 29.0 Å². The number of methoxy groups -OCH3 is 1. The molecule has 0 saturated heterocycles. The summed E-state index contributed by atoms with van der Waals surface area (Å²) in [6.07, 6.45) is 14.8. The molecule has 0 N–H and O–H groups in total. The van der Waals surface area contributed by atoms with E-state index in [4.69, 9.17) is 4.74 Å². The quantitative estimate of drug-likeness (QED) is 0.236. The molecular formula is C31H48O3. The lowest BCUT2D eigenvalue weighted by atomic mass is 9.41. The van der Waals surface area contributed by atoms with Crippen LogP contribution in [-0.4, -0.2) is 18.9 Å². The minimum atomic E-state index is -0.213. The van der Waals surface area contributed by atoms with E-state index in [1.165, 1.54) is 32.8 Å². The highest BCUT2D eigenvalue weighted by Gasteiger charge is 2.65. The summed E-state index contributed by atoms with van der Waals surface area (Å²) in [6.45, 7) is 16.4. The van der Waals surface area contributed by atoms with Crippen LogP contribution in [0.5, 0.6) is 0 Å². The molecule has 0 aliphatic heterocycles. The fraction of sp³-hybridized carbons (Fsp3) is 0.806. The number of ketones is 1. The van der Waals surface area contributed by atoms with Crippen LogP contribution in [0.3, 0.4) is 0 Å². The zero-order valence-corrected chi connectivity index (χ0v) is 23.1. The largest absolute Gasteiger partial charge is 0.466 e. The maximum Gasteiger partial charge on any atom is 0.333 e. The summed E-state index contributed by atoms with van der Waals surface area (Å²) >= 11 is 0. The predicted octanol–water partition coefficient (Wildman–Crippen LogP) is 7.70. The molecule has 34 heavy (non-hydrogen) atoms. The fourth-order valence-electron chi connectivity index (χ4n) is 9.47. The third kappa shape index (κ3) is 3.58. The van der Waals surface area contributed by atoms with E-state index in [1.807, 2.05) is 6.92 Å². The zero-order chi connectivity index (χ0) is 25.1. The Morgan fingerprint density at radius 3 is 2.53 bits per heavy atom. The SMILES string of the molecule is COC(=O)/C(C)=C/CC[C@H](C)[C@@H]1CC[C@]2(C)C3=CC[C@H]4C(C)(C)C(=O)CC[C@]4(C)[C@H]3CC[C@@]12C. The molecule has 0 bridgehead atoms. The van der Waals surface area contributed by atoms with E-state index in [9.17, 15) is 9.59 Å². The average Bonchev–Trinajstić information content (AvgIpc) is 3.07. The molecule has 4 aliphatic carbocycles. The van der Waals surface area contributed by atoms with Gasteiger partial charge in [-0.2, -0.15) is 0 Å². The molecule has 3 saturated carbocycles. The van der Waals surface area contributed by atoms with Gasteiger partial charge in [0.1, 0.15) is 5.78 Å². The molecule has 0 spiro atoms. The zero-order valence-electron chi connectivity index (χ0n) is 23.1. The molecular weight excluding hydrogens is 420 g/mol. The molecule has 4 aliphatic rings. The Bertz CT molecular complexity index is 910. The molecule has 3 fully saturated rings. The summed E-state index contributed by atoms with van der Waals surface area (Å²) in [5.74, 6) is 2.74. The smallest absolute Gasteiger partial charge is 0.333 e. The van der Waals surface area contributed by atoms with Crippen molar-refractivity contribution in [2.75, 3.05) is 7.11 Å². The standard InChI is InChI=1S/C31H48O3/c1-20(10-9-11-21(2)27(33)34-8)22-14-18-31(7)24-12-13-25-28(3,4)26(32)16-17-29(25,5)23(24)15-19-30(22,31)6/h11-12,20,22-23,25H,9-10,13-19H2,1-8H3/b21-11+/t20-,22-,23-,25-,29+,30-,31+/m0/s1. The second kappa shape index (κ2) is 8.63. The number of esters is 1. The van der Waals surface area contributed by atoms with Gasteiger partial charge >= 0.3 is 5.97 Å². The molecule has 3 nitrogen and oxygen atoms in total. The molecule has 0 heterocycles. The topological polar surface area (TPSA) is 43.4 Å². The lowest BCUT2D eigenvalue weighted by Gasteiger charge is -2.63. The summed E-state index contributed by atoms with van der Waals surface area (Å²) in [5, 5.41) is 0. The van der Waals surface area contributed by atoms with Gasteiger partial charge in [-0.15, -0.1) is 0 Å². The Hall–Kier alpha value is -1.38. The van der Waals surface area contributed by atoms with E-state index in [1.54, 1.807) is 5.57 Å². The maximum absolute atomic E-state index is 12.8. The van der Waals surface area contributed by atoms with Crippen LogP contribution in [0.4, 0.5) is 0 Å². The highest BCUT2D eigenvalue weighted by atomic mass is 16.5. The van der Waals surface area contributed by atoms with Gasteiger partial charge in [-0.05, 0) is 98.2 Å². The van der Waals surface area contributed by atoms with Crippen LogP contribution < -0.4 is 0 Å². The van der Waals surface area contributed by atoms with Gasteiger partial charge in [-0.3, -0.25) is 4.79 Å². The summed E-state index contributed by atoms with van der Waals surface area (Å²) in [7, 11) is 1.45. The number of allylic oxidation sites excluding steroid dienone is 3. The van der Waals surface area contributed by atoms with Crippen molar-refractivity contribution in [2.24, 2.45) is 45.3 Å². The number of ether oxygens (including phenoxy) is 1. The Kier molecular flexibility index (Phi) is 6.52. The summed E-state index contributed by atoms with van der Waals surface area (Å²) < 4.78 is 4.85. The molecule has 4 rings (SSSR count). The first-order valence-electron chi connectivity index (χ1n) is 13.8. The van der Waals surface area contributed by atoms with Crippen molar-refractivity contribution in [2.45, 2.75) is 106 Å². The highest BCUT2D eigenvalue weighted by Crippen LogP contribution is 2.73. The molecule has 190 valence electrons. The lowest BCUT2D eigenvalue weighted by molar-refractivity contribution is -0.146. The Balaban J connectivity index is 1.56. The average molecular weight is 469 g/mol. The summed E-state index contributed by atoms with van der Waals surface area (Å²) in [6, 6.07) is 0. The van der Waals surface area contributed by atoms with E-state index in [0.717, 1.165) is 43.6 Å². The first-order chi connectivity index (χ1) is 15.8. The number of hydrogen-bond acceptors (Lipinski definition) is 3. The predicted molar refractivity (Wildman–Crippen MR) is 138 cm³/mol. The third-order valence-electron chi connectivity index (χ3n) is 11.9. The van der Waals surface area contributed by atoms with Crippen molar-refractivity contribution in [3.8, 4) is 0 Å². The number of hydrogen-bond donors (Lipinski definition) is 0. The first-order valence-corrected chi connectivity index (χ1v) is 13.8. The van der Waals surface area contributed by atoms with Gasteiger partial charge in [0.2, 0.25) is 0 Å². The Morgan fingerprint density at radius 2 is 1.85 bits per heavy atom. The monoisotopic (exact) mass is 468 g/mol. The van der Waals surface area contributed by atoms with Crippen molar-refractivity contribution >= 4 is 11.8 Å². The molecule has 0 unspecified atom stereocenters. The first kappa shape index (κ1) is 25.7. The van der Waals surface area contributed by atoms with Gasteiger partial charge in [0.15, 0.2) is 0 Å². The normalized spacial score (nSPS) is 42.2. The van der Waals surface area contributed by atoms with Gasteiger partial charge in [-0.25, -0.2) is 4.79 Å². The number of carbonyl (C=O) groups excluding carboxylic acids is 2. The van der Waals surface area contributed by atoms with Gasteiger partial charge < -0.3 is 4.74 Å². The van der Waals surface area contributed by atoms with Crippen LogP contribution in [-0.2, 0) is 14.3 Å². The molecule has 0 aromatic carbocycles. The molecule has 0 aromatic rings. The van der Waals surface area contributed by atoms with Crippen molar-refractivity contribution in [3.05, 3.63) is 23.3 Å². The molecule has 0 amide bonds. The van der Waals surface area contributed by atoms with Crippen molar-refractivity contribution in [1.29, 1.82) is 0 Å². The summed E-state index contributed by atoms with van der Waals surface area (Å²) in [4.78, 5) is 24.5. The number of fused-ring (bicyclic) bond motifs is 5. The van der Waals surface area contributed by atoms with Crippen LogP contribution in [0, 0.1) is 45.3 Å². The minimum Gasteiger partial charge on any atom is -0.466 e. The van der Waals surface area contributed by atoms with E-state index in [2.05, 4.69) is 53.7 Å². The van der Waals surface area contributed by atoms with Crippen LogP contribution >= 0.6 is 0 Å². The minimum absolute atomic E-state index is 0.195. The van der Waals surface area contributed by atoms with Gasteiger partial charge in [-0.1, -0.05) is 59.3 Å². The molecule has 3 heteroatoms. The van der Waals surface area contributed by atoms with E-state index in [-0.39, 0.29) is 22.2 Å². The Morgan fingerprint density at radius 1 is 1.15 bits per heavy atom. The number of rotatable bonds is 5. The van der Waals surface area contributed by atoms with Gasteiger partial charge in [0.25, 0.3) is 0 Å². The maximum atomic E-state index is 12.8. The van der Waals surface area contributed by atoms with E-state index < -0.39 is 0 Å². The van der Waals surface area contributed by atoms with Crippen LogP contribution in [0.25, 0.3) is 0 Å². The number of carbonyl (C=O) groups is 2. The van der Waals surface area contributed by atoms with Crippen molar-refractivity contribution in [1.82, 2.24) is 0 Å². The molecule has 7 atom stereocenters. The Labute approximate surface area is 208 Å². The third-order valence-corrected chi connectivity index (χ3v) is 11.9. The van der Waals surface area contributed by atoms with Crippen LogP contribution in [0.1, 0.15) is 106 Å². The van der Waals surface area contributed by atoms with Gasteiger partial charge in [0.05, 0.1) is 7.11 Å². The van der Waals surface area contributed by atoms with Crippen molar-refractivity contribution in [3.63, 3.8) is 0 Å². The fourth-order valence-corrected chi connectivity index (χ4v) is 9.47. The highest BCUT2D eigenvalue weighted by molar-refractivity contribution is 5.87. The summed E-state index contributed by atoms with van der Waals surface area (Å²) in [5.41, 5.74) is 3.14. The van der Waals surface area contributed by atoms with Crippen molar-refractivity contribution < 1.29 is 14.3 Å². The molecule has 0 radical (unpaired) electrons. The van der Waals surface area contributed by atoms with E-state index >= 15 is 0 Å². The van der Waals surface area contributed by atoms with Gasteiger partial charge in [0, 0.05) is 17.4 Å².